The van der Waals surface area contributed by atoms with Gasteiger partial charge in [0.2, 0.25) is 0 Å². The van der Waals surface area contributed by atoms with Gasteiger partial charge in [0, 0.05) is 13.0 Å². The summed E-state index contributed by atoms with van der Waals surface area (Å²) < 4.78 is 11.5. The highest BCUT2D eigenvalue weighted by Gasteiger charge is 2.14. The van der Waals surface area contributed by atoms with E-state index in [1.807, 2.05) is 0 Å². The molecule has 0 spiro atoms. The molecular formula is C44H85NO5. The number of carbonyl (C=O) groups excluding carboxylic acids is 1. The van der Waals surface area contributed by atoms with Crippen LogP contribution >= 0.6 is 0 Å². The van der Waals surface area contributed by atoms with Gasteiger partial charge in [0.1, 0.15) is 0 Å². The fourth-order valence-corrected chi connectivity index (χ4v) is 6.36. The van der Waals surface area contributed by atoms with Gasteiger partial charge >= 0.3 is 5.97 Å². The Balaban J connectivity index is 3.98. The molecule has 6 heteroatoms. The Morgan fingerprint density at radius 1 is 0.560 bits per heavy atom. The van der Waals surface area contributed by atoms with Crippen molar-refractivity contribution < 1.29 is 24.5 Å². The van der Waals surface area contributed by atoms with E-state index >= 15 is 0 Å². The zero-order chi connectivity index (χ0) is 36.6. The van der Waals surface area contributed by atoms with E-state index in [4.69, 9.17) is 9.47 Å². The summed E-state index contributed by atoms with van der Waals surface area (Å²) in [5.74, 6) is -0.0309. The Morgan fingerprint density at radius 3 is 1.60 bits per heavy atom. The summed E-state index contributed by atoms with van der Waals surface area (Å²) in [6.45, 7) is 10.3. The third kappa shape index (κ3) is 36.6. The van der Waals surface area contributed by atoms with E-state index in [1.165, 1.54) is 83.5 Å². The molecular weight excluding hydrogens is 622 g/mol. The van der Waals surface area contributed by atoms with Crippen molar-refractivity contribution in [1.82, 2.24) is 4.90 Å². The van der Waals surface area contributed by atoms with Gasteiger partial charge in [-0.05, 0) is 90.1 Å². The van der Waals surface area contributed by atoms with Crippen molar-refractivity contribution >= 4 is 5.97 Å². The van der Waals surface area contributed by atoms with Crippen LogP contribution in [0.3, 0.4) is 0 Å². The van der Waals surface area contributed by atoms with Crippen LogP contribution in [0.1, 0.15) is 207 Å². The highest BCUT2D eigenvalue weighted by molar-refractivity contribution is 5.69. The van der Waals surface area contributed by atoms with Crippen LogP contribution in [0.15, 0.2) is 24.3 Å². The molecule has 1 atom stereocenters. The number of allylic oxidation sites excluding steroid dienone is 4. The molecule has 6 nitrogen and oxygen atoms in total. The van der Waals surface area contributed by atoms with Gasteiger partial charge in [-0.25, -0.2) is 0 Å². The lowest BCUT2D eigenvalue weighted by Crippen LogP contribution is -2.29. The lowest BCUT2D eigenvalue weighted by Gasteiger charge is -2.21. The van der Waals surface area contributed by atoms with Crippen LogP contribution in [0.2, 0.25) is 0 Å². The number of hydrogen-bond donors (Lipinski definition) is 2. The number of carbonyl (C=O) groups is 1. The van der Waals surface area contributed by atoms with E-state index in [9.17, 15) is 15.0 Å². The molecule has 0 bridgehead atoms. The topological polar surface area (TPSA) is 79.2 Å². The quantitative estimate of drug-likeness (QED) is 0.0286. The third-order valence-electron chi connectivity index (χ3n) is 9.65. The number of aliphatic hydroxyl groups excluding tert-OH is 2. The van der Waals surface area contributed by atoms with Crippen molar-refractivity contribution in [3.8, 4) is 0 Å². The molecule has 0 saturated carbocycles. The minimum Gasteiger partial charge on any atom is -0.466 e. The molecule has 0 radical (unpaired) electrons. The molecule has 0 rings (SSSR count). The van der Waals surface area contributed by atoms with Gasteiger partial charge in [0.15, 0.2) is 6.29 Å². The minimum absolute atomic E-state index is 0.0309. The van der Waals surface area contributed by atoms with E-state index in [1.54, 1.807) is 0 Å². The second-order valence-corrected chi connectivity index (χ2v) is 14.6. The Hall–Kier alpha value is -1.21. The molecule has 50 heavy (non-hydrogen) atoms. The van der Waals surface area contributed by atoms with Gasteiger partial charge in [-0.3, -0.25) is 4.79 Å². The summed E-state index contributed by atoms with van der Waals surface area (Å²) in [5.41, 5.74) is 0. The number of nitrogens with zero attached hydrogens (tertiary/aromatic N) is 1. The van der Waals surface area contributed by atoms with E-state index in [0.29, 0.717) is 19.4 Å². The van der Waals surface area contributed by atoms with Crippen LogP contribution in [0.25, 0.3) is 0 Å². The van der Waals surface area contributed by atoms with Crippen LogP contribution in [0.5, 0.6) is 0 Å². The largest absolute Gasteiger partial charge is 0.466 e. The Kier molecular flexibility index (Phi) is 39.6. The number of aliphatic hydroxyl groups is 2. The first kappa shape index (κ1) is 48.8. The SMILES string of the molecule is CCCC/C=C\CCC(CC/C=C\CCCC)OC(O)CCCCCCCN(CCO)CCCCCCCC(=O)OCCCCCCCCC. The van der Waals surface area contributed by atoms with E-state index in [2.05, 4.69) is 50.0 Å². The highest BCUT2D eigenvalue weighted by atomic mass is 16.6. The number of unbranched alkanes of at least 4 members (excludes halogenated alkanes) is 18. The zero-order valence-corrected chi connectivity index (χ0v) is 33.6. The molecule has 0 saturated heterocycles. The van der Waals surface area contributed by atoms with Crippen LogP contribution < -0.4 is 0 Å². The van der Waals surface area contributed by atoms with Crippen molar-refractivity contribution in [3.63, 3.8) is 0 Å². The first-order valence-corrected chi connectivity index (χ1v) is 21.7. The van der Waals surface area contributed by atoms with E-state index < -0.39 is 6.29 Å². The molecule has 0 aromatic heterocycles. The number of rotatable bonds is 40. The molecule has 0 aliphatic heterocycles. The summed E-state index contributed by atoms with van der Waals surface area (Å²) in [7, 11) is 0. The summed E-state index contributed by atoms with van der Waals surface area (Å²) in [6.07, 6.45) is 40.9. The zero-order valence-electron chi connectivity index (χ0n) is 33.6. The highest BCUT2D eigenvalue weighted by Crippen LogP contribution is 2.17. The molecule has 296 valence electrons. The standard InChI is InChI=1S/C44H85NO5/c1-4-7-10-13-16-25-32-41-49-43(47)35-28-21-17-23-30-37-45(39-40-46)38-31-24-18-22-29-36-44(48)50-42(33-26-19-14-11-8-5-2)34-27-20-15-12-9-6-3/h14-15,19-20,42,44,46,48H,4-13,16-18,21-41H2,1-3H3/b19-14-,20-15-. The minimum atomic E-state index is -0.665. The van der Waals surface area contributed by atoms with Gasteiger partial charge < -0.3 is 24.6 Å². The molecule has 0 heterocycles. The van der Waals surface area contributed by atoms with Crippen molar-refractivity contribution in [2.75, 3.05) is 32.8 Å². The van der Waals surface area contributed by atoms with E-state index in [0.717, 1.165) is 110 Å². The van der Waals surface area contributed by atoms with Crippen molar-refractivity contribution in [2.24, 2.45) is 0 Å². The lowest BCUT2D eigenvalue weighted by molar-refractivity contribution is -0.144. The Labute approximate surface area is 311 Å². The first-order valence-electron chi connectivity index (χ1n) is 21.7. The second kappa shape index (κ2) is 40.6. The van der Waals surface area contributed by atoms with Crippen LogP contribution in [-0.2, 0) is 14.3 Å². The van der Waals surface area contributed by atoms with Gasteiger partial charge in [-0.1, -0.05) is 148 Å². The van der Waals surface area contributed by atoms with Gasteiger partial charge in [0.25, 0.3) is 0 Å². The van der Waals surface area contributed by atoms with Crippen LogP contribution in [0.4, 0.5) is 0 Å². The summed E-state index contributed by atoms with van der Waals surface area (Å²) >= 11 is 0. The normalized spacial score (nSPS) is 12.7. The van der Waals surface area contributed by atoms with Crippen molar-refractivity contribution in [3.05, 3.63) is 24.3 Å². The van der Waals surface area contributed by atoms with Crippen LogP contribution in [-0.4, -0.2) is 66.3 Å². The van der Waals surface area contributed by atoms with Gasteiger partial charge in [-0.2, -0.15) is 0 Å². The maximum atomic E-state index is 12.0. The molecule has 0 aliphatic carbocycles. The summed E-state index contributed by atoms with van der Waals surface area (Å²) in [6, 6.07) is 0. The third-order valence-corrected chi connectivity index (χ3v) is 9.65. The Morgan fingerprint density at radius 2 is 1.04 bits per heavy atom. The van der Waals surface area contributed by atoms with E-state index in [-0.39, 0.29) is 18.7 Å². The average Bonchev–Trinajstić information content (AvgIpc) is 3.11. The molecule has 0 aromatic carbocycles. The smallest absolute Gasteiger partial charge is 0.305 e. The van der Waals surface area contributed by atoms with Gasteiger partial charge in [0.05, 0.1) is 19.3 Å². The summed E-state index contributed by atoms with van der Waals surface area (Å²) in [5, 5.41) is 20.2. The predicted molar refractivity (Wildman–Crippen MR) is 215 cm³/mol. The lowest BCUT2D eigenvalue weighted by atomic mass is 10.1. The molecule has 0 aliphatic rings. The predicted octanol–water partition coefficient (Wildman–Crippen LogP) is 12.0. The van der Waals surface area contributed by atoms with Crippen molar-refractivity contribution in [1.29, 1.82) is 0 Å². The molecule has 0 amide bonds. The fourth-order valence-electron chi connectivity index (χ4n) is 6.36. The molecule has 0 aromatic rings. The molecule has 2 N–H and O–H groups in total. The molecule has 1 unspecified atom stereocenters. The number of esters is 1. The fraction of sp³-hybridized carbons (Fsp3) is 0.886. The monoisotopic (exact) mass is 708 g/mol. The number of hydrogen-bond acceptors (Lipinski definition) is 6. The maximum absolute atomic E-state index is 12.0. The summed E-state index contributed by atoms with van der Waals surface area (Å²) in [4.78, 5) is 14.4. The Bertz CT molecular complexity index is 720. The average molecular weight is 708 g/mol. The molecule has 0 fully saturated rings. The van der Waals surface area contributed by atoms with Crippen LogP contribution in [0, 0.1) is 0 Å². The van der Waals surface area contributed by atoms with Crippen molar-refractivity contribution in [2.45, 2.75) is 219 Å². The second-order valence-electron chi connectivity index (χ2n) is 14.6. The first-order chi connectivity index (χ1) is 24.6. The number of ether oxygens (including phenoxy) is 2. The van der Waals surface area contributed by atoms with Gasteiger partial charge in [-0.15, -0.1) is 0 Å². The maximum Gasteiger partial charge on any atom is 0.305 e.